The van der Waals surface area contributed by atoms with E-state index in [-0.39, 0.29) is 56.9 Å². The van der Waals surface area contributed by atoms with E-state index in [1.165, 1.54) is 52.0 Å². The number of hydrogen-bond acceptors (Lipinski definition) is 28. The van der Waals surface area contributed by atoms with E-state index in [1.54, 1.807) is 13.8 Å². The number of amides is 19. The van der Waals surface area contributed by atoms with Crippen LogP contribution in [0.5, 0.6) is 5.75 Å². The molecule has 664 valence electrons. The third-order valence-electron chi connectivity index (χ3n) is 18.4. The number of benzene rings is 1. The molecule has 48 nitrogen and oxygen atoms in total. The van der Waals surface area contributed by atoms with Crippen LogP contribution in [0.25, 0.3) is 0 Å². The summed E-state index contributed by atoms with van der Waals surface area (Å²) in [6.45, 7) is 6.08. The highest BCUT2D eigenvalue weighted by Gasteiger charge is 2.41. The lowest BCUT2D eigenvalue weighted by atomic mass is 10.0. The minimum Gasteiger partial charge on any atom is -0.508 e. The Bertz CT molecular complexity index is 3800. The number of aliphatic carboxylic acids is 1. The third-order valence-corrected chi connectivity index (χ3v) is 18.4. The summed E-state index contributed by atoms with van der Waals surface area (Å²) in [5.41, 5.74) is 6.06. The number of rotatable bonds is 47. The Kier molecular flexibility index (Phi) is 42.1. The molecule has 0 unspecified atom stereocenters. The van der Waals surface area contributed by atoms with Crippen molar-refractivity contribution in [1.29, 1.82) is 0 Å². The molecule has 2 saturated heterocycles. The summed E-state index contributed by atoms with van der Waals surface area (Å²) in [5.74, 6) is -20.1. The van der Waals surface area contributed by atoms with Gasteiger partial charge in [-0.25, -0.2) is 4.79 Å². The van der Waals surface area contributed by atoms with Gasteiger partial charge >= 0.3 is 5.97 Å². The first-order valence-corrected chi connectivity index (χ1v) is 38.0. The van der Waals surface area contributed by atoms with Crippen molar-refractivity contribution in [3.63, 3.8) is 0 Å². The molecule has 119 heavy (non-hydrogen) atoms. The Hall–Kier alpha value is -11.9. The van der Waals surface area contributed by atoms with Gasteiger partial charge in [-0.1, -0.05) is 26.0 Å². The zero-order chi connectivity index (χ0) is 90.0. The normalized spacial score (nSPS) is 17.7. The summed E-state index contributed by atoms with van der Waals surface area (Å²) < 4.78 is 0. The van der Waals surface area contributed by atoms with Gasteiger partial charge in [0.05, 0.1) is 64.8 Å². The van der Waals surface area contributed by atoms with Crippen LogP contribution in [0.15, 0.2) is 24.3 Å². The number of carboxylic acids is 1. The fourth-order valence-electron chi connectivity index (χ4n) is 11.5. The molecule has 0 bridgehead atoms. The average molecular weight is 1690 g/mol. The molecule has 3 rings (SSSR count). The van der Waals surface area contributed by atoms with Crippen LogP contribution in [-0.2, 0) is 102 Å². The molecule has 2 heterocycles. The quantitative estimate of drug-likeness (QED) is 0.0288. The number of nitrogens with one attached hydrogen (secondary N) is 17. The molecule has 1 aromatic rings. The van der Waals surface area contributed by atoms with Crippen LogP contribution < -0.4 is 96.1 Å². The first-order chi connectivity index (χ1) is 55.8. The van der Waals surface area contributed by atoms with Crippen molar-refractivity contribution in [2.45, 2.75) is 217 Å². The molecule has 1 aromatic carbocycles. The monoisotopic (exact) mass is 1690 g/mol. The minimum absolute atomic E-state index is 0.00305. The van der Waals surface area contributed by atoms with Crippen LogP contribution in [0.2, 0.25) is 0 Å². The van der Waals surface area contributed by atoms with Crippen LogP contribution in [-0.4, -0.2) is 343 Å². The lowest BCUT2D eigenvalue weighted by Crippen LogP contribution is -2.61. The van der Waals surface area contributed by atoms with Crippen LogP contribution >= 0.6 is 0 Å². The van der Waals surface area contributed by atoms with E-state index in [4.69, 9.17) is 10.8 Å². The predicted molar refractivity (Wildman–Crippen MR) is 409 cm³/mol. The molecule has 27 N–H and O–H groups in total. The third kappa shape index (κ3) is 33.2. The average Bonchev–Trinajstić information content (AvgIpc) is 1.72. The number of aromatic hydroxyl groups is 1. The number of nitrogens with two attached hydrogens (primary N) is 1. The van der Waals surface area contributed by atoms with Gasteiger partial charge in [0.15, 0.2) is 6.04 Å². The number of carbonyl (C=O) groups excluding carboxylic acids is 19. The second-order valence-electron chi connectivity index (χ2n) is 28.8. The summed E-state index contributed by atoms with van der Waals surface area (Å²) in [5, 5.41) is 117. The highest BCUT2D eigenvalue weighted by Crippen LogP contribution is 2.22. The van der Waals surface area contributed by atoms with E-state index in [0.29, 0.717) is 12.0 Å². The highest BCUT2D eigenvalue weighted by molar-refractivity contribution is 6.01. The first-order valence-electron chi connectivity index (χ1n) is 38.0. The Morgan fingerprint density at radius 3 is 1.22 bits per heavy atom. The molecule has 2 aliphatic heterocycles. The summed E-state index contributed by atoms with van der Waals surface area (Å²) in [6, 6.07) is -18.1. The van der Waals surface area contributed by atoms with Crippen LogP contribution in [0.1, 0.15) is 107 Å². The summed E-state index contributed by atoms with van der Waals surface area (Å²) in [7, 11) is 0. The molecule has 0 aromatic heterocycles. The number of carboxylic acid groups (broad SMARTS) is 1. The molecule has 0 aliphatic carbocycles. The number of aliphatic hydroxyl groups is 6. The smallest absolute Gasteiger partial charge is 0.328 e. The molecule has 0 saturated carbocycles. The van der Waals surface area contributed by atoms with Gasteiger partial charge in [-0.2, -0.15) is 0 Å². The Morgan fingerprint density at radius 2 is 0.756 bits per heavy atom. The van der Waals surface area contributed by atoms with Crippen molar-refractivity contribution in [3.8, 4) is 5.75 Å². The Morgan fingerprint density at radius 1 is 0.387 bits per heavy atom. The molecule has 18 atom stereocenters. The van der Waals surface area contributed by atoms with E-state index in [0.717, 1.165) is 37.5 Å². The van der Waals surface area contributed by atoms with E-state index >= 15 is 0 Å². The summed E-state index contributed by atoms with van der Waals surface area (Å²) >= 11 is 0. The molecule has 0 spiro atoms. The number of likely N-dealkylation sites (tertiary alicyclic amines) is 2. The van der Waals surface area contributed by atoms with Gasteiger partial charge in [0.1, 0.15) is 96.4 Å². The summed E-state index contributed by atoms with van der Waals surface area (Å²) in [6.07, 6.45) is -2.36. The Labute approximate surface area is 682 Å². The number of phenols is 1. The van der Waals surface area contributed by atoms with E-state index in [1.807, 2.05) is 0 Å². The zero-order valence-electron chi connectivity index (χ0n) is 67.3. The fraction of sp³-hybridized carbons (Fsp3) is 0.634. The predicted octanol–water partition coefficient (Wildman–Crippen LogP) is -14.0. The number of hydrogen-bond donors (Lipinski definition) is 26. The van der Waals surface area contributed by atoms with E-state index in [9.17, 15) is 132 Å². The van der Waals surface area contributed by atoms with Crippen molar-refractivity contribution in [2.24, 2.45) is 11.7 Å². The number of carbonyl (C=O) groups is 20. The van der Waals surface area contributed by atoms with Gasteiger partial charge in [-0.3, -0.25) is 91.1 Å². The Balaban J connectivity index is 1.46. The zero-order valence-corrected chi connectivity index (χ0v) is 67.3. The van der Waals surface area contributed by atoms with Crippen molar-refractivity contribution in [2.75, 3.05) is 65.7 Å². The maximum absolute atomic E-state index is 14.2. The SMILES string of the molecule is CC(C)C[C@H](NC(=O)[C@H](CO)NC(=O)[C@H](CO)NC(=O)[C@H](C)NC(=O)[C@H](Cc1ccc(O)cc1)NC(=O)[C@@H](N)CO)C(=O)N1CCC[C@H]1C(=O)NCC(=O)NCC(=O)N[C@@H](CO)C(=O)N[C@@H](C)C(=O)N[C@@H](C)C(=O)N[C@H](C(=O)N[C@@H](C)C(=O)N[C@@H](C)C(=O)N[C@@H](C)C(=O)NCC(=O)N1CCC[C@H]1C(=O)NCC(=O)N[C@H](C(=O)O)[C@@H](C)O)[C@@H](C)O. The minimum atomic E-state index is -1.80. The lowest BCUT2D eigenvalue weighted by Gasteiger charge is -2.30. The lowest BCUT2D eigenvalue weighted by molar-refractivity contribution is -0.145. The van der Waals surface area contributed by atoms with Gasteiger partial charge in [-0.05, 0) is 111 Å². The van der Waals surface area contributed by atoms with Crippen LogP contribution in [0.4, 0.5) is 0 Å². The largest absolute Gasteiger partial charge is 0.508 e. The van der Waals surface area contributed by atoms with E-state index < -0.39 is 280 Å². The molecule has 48 heteroatoms. The van der Waals surface area contributed by atoms with Crippen molar-refractivity contribution < 1.29 is 137 Å². The van der Waals surface area contributed by atoms with Crippen molar-refractivity contribution in [3.05, 3.63) is 29.8 Å². The number of aliphatic hydroxyl groups excluding tert-OH is 6. The van der Waals surface area contributed by atoms with Gasteiger partial charge in [0.2, 0.25) is 112 Å². The maximum atomic E-state index is 14.2. The molecular weight excluding hydrogens is 1580 g/mol. The van der Waals surface area contributed by atoms with Gasteiger partial charge in [0.25, 0.3) is 0 Å². The molecule has 0 radical (unpaired) electrons. The van der Waals surface area contributed by atoms with Crippen LogP contribution in [0.3, 0.4) is 0 Å². The van der Waals surface area contributed by atoms with Crippen molar-refractivity contribution in [1.82, 2.24) is 100 Å². The van der Waals surface area contributed by atoms with E-state index in [2.05, 4.69) is 90.4 Å². The number of nitrogens with zero attached hydrogens (tertiary/aromatic N) is 2. The van der Waals surface area contributed by atoms with Crippen LogP contribution in [0, 0.1) is 5.92 Å². The number of phenolic OH excluding ortho intramolecular Hbond substituents is 1. The molecule has 2 fully saturated rings. The highest BCUT2D eigenvalue weighted by atomic mass is 16.4. The van der Waals surface area contributed by atoms with Gasteiger partial charge in [0, 0.05) is 19.5 Å². The molecule has 19 amide bonds. The summed E-state index contributed by atoms with van der Waals surface area (Å²) in [4.78, 5) is 264. The molecular formula is C71H112N20O28. The second kappa shape index (κ2) is 49.4. The second-order valence-corrected chi connectivity index (χ2v) is 28.8. The van der Waals surface area contributed by atoms with Gasteiger partial charge < -0.3 is 147 Å². The standard InChI is InChI=1S/C71H112N20O28/c1-31(2)21-44(85-65(112)47(30-95)87-66(113)46(29-94)86-60(107)36(7)80-63(110)43(84-62(109)42(72)27-92)22-40-15-17-41(98)18-16-40)70(117)91-20-12-14-49(91)68(115)74-23-50(99)73-24-51(100)83-45(28-93)64(111)81-34(5)58(105)79-37(8)61(108)89-54(38(9)96)69(116)82-35(6)59(106)78-33(4)57(104)77-32(3)56(103)76-26-53(102)90-19-11-13-48(90)67(114)75-25-52(101)88-55(39(10)97)71(118)119/h15-18,31-39,42-49,54-55,92-98H,11-14,19-30,72H2,1-10H3,(H,73,99)(H,74,115)(H,75,114)(H,76,103)(H,77,104)(H,78,106)(H,79,105)(H,80,110)(H,81,111)(H,82,116)(H,83,100)(H,84,109)(H,85,112)(H,86,107)(H,87,113)(H,88,101)(H,89,108)(H,118,119)/t32-,33-,34-,35-,36-,37-,38+,39+,42-,43-,44-,45-,46-,47-,48-,49-,54-,55-/m0/s1. The van der Waals surface area contributed by atoms with Gasteiger partial charge in [-0.15, -0.1) is 0 Å². The molecule has 2 aliphatic rings. The fourth-order valence-corrected chi connectivity index (χ4v) is 11.5. The topological polar surface area (TPSA) is 740 Å². The van der Waals surface area contributed by atoms with Crippen molar-refractivity contribution >= 4 is 118 Å². The maximum Gasteiger partial charge on any atom is 0.328 e. The first kappa shape index (κ1) is 101.